The zero-order chi connectivity index (χ0) is 7.98. The molecule has 5 heteroatoms. The first-order valence-corrected chi connectivity index (χ1v) is 2.62. The Morgan fingerprint density at radius 2 is 2.50 bits per heavy atom. The fourth-order valence-corrected chi connectivity index (χ4v) is 0.324. The van der Waals surface area contributed by atoms with Crippen LogP contribution >= 0.6 is 0 Å². The first-order valence-electron chi connectivity index (χ1n) is 2.62. The molecule has 0 amide bonds. The predicted octanol–water partition coefficient (Wildman–Crippen LogP) is 0.802. The monoisotopic (exact) mass is 144 g/mol. The minimum atomic E-state index is -0.854. The van der Waals surface area contributed by atoms with Crippen molar-refractivity contribution in [1.82, 2.24) is 0 Å². The first-order chi connectivity index (χ1) is 4.76. The van der Waals surface area contributed by atoms with E-state index in [0.29, 0.717) is 6.26 Å². The molecule has 0 aliphatic carbocycles. The highest BCUT2D eigenvalue weighted by Crippen LogP contribution is 1.97. The number of aliphatic hydroxyl groups excluding tert-OH is 1. The van der Waals surface area contributed by atoms with Crippen LogP contribution in [0.2, 0.25) is 0 Å². The number of rotatable bonds is 2. The summed E-state index contributed by atoms with van der Waals surface area (Å²) in [5, 5.41) is 16.2. The van der Waals surface area contributed by atoms with E-state index in [9.17, 15) is 4.79 Å². The molecule has 0 spiro atoms. The zero-order valence-electron chi connectivity index (χ0n) is 5.44. The van der Waals surface area contributed by atoms with Gasteiger partial charge in [0, 0.05) is 0 Å². The quantitative estimate of drug-likeness (QED) is 0.204. The molecule has 0 aromatic rings. The number of hydrogen-bond acceptors (Lipinski definition) is 4. The summed E-state index contributed by atoms with van der Waals surface area (Å²) in [4.78, 5) is 13.0. The number of hydrogen-bond donors (Lipinski definition) is 1. The van der Waals surface area contributed by atoms with Crippen LogP contribution in [0.25, 0.3) is 4.98 Å². The van der Waals surface area contributed by atoms with Gasteiger partial charge in [-0.2, -0.15) is 0 Å². The highest BCUT2D eigenvalue weighted by atomic mass is 16.5. The van der Waals surface area contributed by atoms with Crippen molar-refractivity contribution in [3.63, 3.8) is 0 Å². The number of aliphatic hydroxyl groups is 1. The molecule has 0 unspecified atom stereocenters. The smallest absolute Gasteiger partial charge is 0.501 e. The average Bonchev–Trinajstić information content (AvgIpc) is 1.91. The number of ether oxygens (including phenoxy) is 1. The minimum Gasteiger partial charge on any atom is -0.508 e. The highest BCUT2D eigenvalue weighted by Gasteiger charge is 2.23. The summed E-state index contributed by atoms with van der Waals surface area (Å²) in [6.07, 6.45) is 0.373. The normalized spacial score (nSPS) is 10.2. The lowest BCUT2D eigenvalue weighted by Gasteiger charge is -1.89. The third-order valence-corrected chi connectivity index (χ3v) is 0.715. The van der Waals surface area contributed by atoms with Crippen LogP contribution in [0.1, 0.15) is 6.92 Å². The Kier molecular flexibility index (Phi) is 3.64. The highest BCUT2D eigenvalue weighted by molar-refractivity contribution is 5.89. The topological polar surface area (TPSA) is 74.7 Å². The number of carbonyl (C=O) groups is 1. The summed E-state index contributed by atoms with van der Waals surface area (Å²) in [7, 11) is 0. The van der Waals surface area contributed by atoms with E-state index in [0.717, 1.165) is 0 Å². The second kappa shape index (κ2) is 4.32. The molecule has 0 bridgehead atoms. The second-order valence-electron chi connectivity index (χ2n) is 1.33. The molecule has 5 nitrogen and oxygen atoms in total. The molecule has 0 heterocycles. The fraction of sp³-hybridized carbons (Fsp3) is 0.400. The van der Waals surface area contributed by atoms with Gasteiger partial charge in [0.1, 0.15) is 0 Å². The van der Waals surface area contributed by atoms with Crippen molar-refractivity contribution in [1.29, 1.82) is 5.39 Å². The lowest BCUT2D eigenvalue weighted by atomic mass is 10.6. The van der Waals surface area contributed by atoms with Crippen molar-refractivity contribution in [2.24, 2.45) is 0 Å². The van der Waals surface area contributed by atoms with Gasteiger partial charge in [0.15, 0.2) is 11.2 Å². The summed E-state index contributed by atoms with van der Waals surface area (Å²) < 4.78 is 4.36. The maximum atomic E-state index is 10.5. The van der Waals surface area contributed by atoms with Gasteiger partial charge in [0.25, 0.3) is 0 Å². The summed E-state index contributed by atoms with van der Waals surface area (Å²) in [5.74, 6) is -0.854. The molecule has 0 fully saturated rings. The number of carbonyl (C=O) groups excluding carboxylic acids is 1. The van der Waals surface area contributed by atoms with Gasteiger partial charge in [0.2, 0.25) is 5.39 Å². The fourth-order valence-electron chi connectivity index (χ4n) is 0.324. The van der Waals surface area contributed by atoms with Gasteiger partial charge in [-0.25, -0.2) is 4.79 Å². The van der Waals surface area contributed by atoms with E-state index in [-0.39, 0.29) is 6.61 Å². The van der Waals surface area contributed by atoms with E-state index < -0.39 is 11.7 Å². The second-order valence-corrected chi connectivity index (χ2v) is 1.33. The molecule has 0 rings (SSSR count). The van der Waals surface area contributed by atoms with Gasteiger partial charge in [-0.3, -0.25) is 0 Å². The molecule has 0 aliphatic rings. The lowest BCUT2D eigenvalue weighted by Crippen LogP contribution is -2.04. The maximum absolute atomic E-state index is 10.5. The van der Waals surface area contributed by atoms with E-state index in [2.05, 4.69) is 9.71 Å². The zero-order valence-corrected chi connectivity index (χ0v) is 5.44. The molecule has 0 atom stereocenters. The Morgan fingerprint density at radius 3 is 2.80 bits per heavy atom. The van der Waals surface area contributed by atoms with Crippen LogP contribution in [0.15, 0.2) is 12.0 Å². The first kappa shape index (κ1) is 8.43. The maximum Gasteiger partial charge on any atom is 0.501 e. The molecule has 0 aromatic heterocycles. The molecule has 0 saturated heterocycles. The Labute approximate surface area is 57.5 Å². The summed E-state index contributed by atoms with van der Waals surface area (Å²) in [5.41, 5.74) is -0.512. The van der Waals surface area contributed by atoms with Crippen LogP contribution in [-0.4, -0.2) is 17.7 Å². The number of esters is 1. The number of nitrogens with zero attached hydrogens (tertiary/aromatic N) is 2. The van der Waals surface area contributed by atoms with Gasteiger partial charge in [-0.1, -0.05) is 0 Å². The van der Waals surface area contributed by atoms with Crippen LogP contribution in [0.5, 0.6) is 0 Å². The third-order valence-electron chi connectivity index (χ3n) is 0.715. The van der Waals surface area contributed by atoms with Crippen LogP contribution < -0.4 is 0 Å². The van der Waals surface area contributed by atoms with Crippen molar-refractivity contribution in [2.45, 2.75) is 6.92 Å². The van der Waals surface area contributed by atoms with Gasteiger partial charge >= 0.3 is 11.7 Å². The van der Waals surface area contributed by atoms with Crippen molar-refractivity contribution in [2.75, 3.05) is 6.61 Å². The number of diazo groups is 1. The molecule has 0 radical (unpaired) electrons. The van der Waals surface area contributed by atoms with E-state index in [1.165, 1.54) is 0 Å². The molecular formula is C5H7N2O3+. The summed E-state index contributed by atoms with van der Waals surface area (Å²) in [6.45, 7) is 1.77. The van der Waals surface area contributed by atoms with E-state index in [4.69, 9.17) is 10.5 Å². The molecule has 0 aromatic carbocycles. The molecule has 10 heavy (non-hydrogen) atoms. The van der Waals surface area contributed by atoms with Crippen LogP contribution in [0, 0.1) is 5.39 Å². The van der Waals surface area contributed by atoms with Crippen LogP contribution in [-0.2, 0) is 9.53 Å². The molecule has 54 valence electrons. The van der Waals surface area contributed by atoms with Crippen LogP contribution in [0.4, 0.5) is 0 Å². The average molecular weight is 144 g/mol. The molecule has 1 N–H and O–H groups in total. The Morgan fingerprint density at radius 1 is 1.90 bits per heavy atom. The molecule has 0 saturated carbocycles. The van der Waals surface area contributed by atoms with Gasteiger partial charge < -0.3 is 9.84 Å². The van der Waals surface area contributed by atoms with Gasteiger partial charge in [-0.05, 0) is 6.92 Å². The van der Waals surface area contributed by atoms with E-state index in [1.54, 1.807) is 6.92 Å². The minimum absolute atomic E-state index is 0.172. The Hall–Kier alpha value is -1.57. The lowest BCUT2D eigenvalue weighted by molar-refractivity contribution is -0.138. The summed E-state index contributed by atoms with van der Waals surface area (Å²) in [6, 6.07) is 0. The Balaban J connectivity index is 4.08. The Bertz CT molecular complexity index is 192. The van der Waals surface area contributed by atoms with Crippen molar-refractivity contribution in [3.8, 4) is 0 Å². The molecular weight excluding hydrogens is 137 g/mol. The largest absolute Gasteiger partial charge is 0.508 e. The van der Waals surface area contributed by atoms with E-state index >= 15 is 0 Å². The van der Waals surface area contributed by atoms with Crippen molar-refractivity contribution in [3.05, 3.63) is 16.9 Å². The SMILES string of the molecule is CCOC(=O)/C(=[13CH]/O)[N+]#N. The van der Waals surface area contributed by atoms with Gasteiger partial charge in [0.05, 0.1) is 6.61 Å². The standard InChI is InChI=1S/C5H6N2O3/c1-2-10-5(9)4(3-8)7-6/h3H,2H2,1H3/p+1/i3+1. The molecule has 0 aliphatic heterocycles. The summed E-state index contributed by atoms with van der Waals surface area (Å²) >= 11 is 0. The predicted molar refractivity (Wildman–Crippen MR) is 32.4 cm³/mol. The van der Waals surface area contributed by atoms with E-state index in [1.807, 2.05) is 0 Å². The third kappa shape index (κ3) is 2.13. The van der Waals surface area contributed by atoms with Gasteiger partial charge in [-0.15, -0.1) is 0 Å². The van der Waals surface area contributed by atoms with Crippen LogP contribution in [0.3, 0.4) is 0 Å². The van der Waals surface area contributed by atoms with Crippen molar-refractivity contribution < 1.29 is 14.6 Å². The van der Waals surface area contributed by atoms with Crippen molar-refractivity contribution >= 4 is 5.97 Å².